The maximum atomic E-state index is 3.85. The van der Waals surface area contributed by atoms with Crippen molar-refractivity contribution in [1.82, 2.24) is 0 Å². The molecule has 0 saturated carbocycles. The fourth-order valence-electron chi connectivity index (χ4n) is 0.224. The van der Waals surface area contributed by atoms with Crippen LogP contribution in [0.1, 0.15) is 13.3 Å². The van der Waals surface area contributed by atoms with Gasteiger partial charge in [0.05, 0.1) is 0 Å². The summed E-state index contributed by atoms with van der Waals surface area (Å²) in [7, 11) is 1.84. The minimum Gasteiger partial charge on any atom is -0.665 e. The first-order valence-corrected chi connectivity index (χ1v) is 1.97. The molecule has 32 valence electrons. The zero-order chi connectivity index (χ0) is 4.12. The van der Waals surface area contributed by atoms with E-state index >= 15 is 0 Å². The van der Waals surface area contributed by atoms with Gasteiger partial charge in [-0.25, -0.2) is 0 Å². The van der Waals surface area contributed by atoms with Crippen molar-refractivity contribution in [3.8, 4) is 0 Å². The Hall–Kier alpha value is 1.60. The first-order valence-electron chi connectivity index (χ1n) is 1.97. The number of rotatable bonds is 2. The van der Waals surface area contributed by atoms with Crippen molar-refractivity contribution in [1.29, 1.82) is 0 Å². The van der Waals surface area contributed by atoms with Crippen molar-refractivity contribution in [2.24, 2.45) is 0 Å². The molecule has 0 fully saturated rings. The number of hydrogen-bond acceptors (Lipinski definition) is 0. The Morgan fingerprint density at radius 2 is 2.00 bits per heavy atom. The van der Waals surface area contributed by atoms with Crippen molar-refractivity contribution in [2.45, 2.75) is 13.3 Å². The fourth-order valence-corrected chi connectivity index (χ4v) is 0.224. The van der Waals surface area contributed by atoms with E-state index in [-0.39, 0.29) is 51.4 Å². The smallest absolute Gasteiger partial charge is 0.665 e. The Morgan fingerprint density at radius 3 is 2.00 bits per heavy atom. The molecule has 0 aromatic carbocycles. The van der Waals surface area contributed by atoms with Crippen LogP contribution >= 0.6 is 0 Å². The second-order valence-electron chi connectivity index (χ2n) is 1.04. The number of hydrogen-bond donors (Lipinski definition) is 0. The van der Waals surface area contributed by atoms with E-state index in [9.17, 15) is 0 Å². The van der Waals surface area contributed by atoms with Crippen LogP contribution in [-0.2, 0) is 0 Å². The summed E-state index contributed by atoms with van der Waals surface area (Å²) >= 11 is 0. The van der Waals surface area contributed by atoms with Gasteiger partial charge in [-0.1, -0.05) is 13.3 Å². The largest absolute Gasteiger partial charge is 1.00 e. The van der Waals surface area contributed by atoms with E-state index in [0.29, 0.717) is 0 Å². The molecule has 0 bridgehead atoms. The summed E-state index contributed by atoms with van der Waals surface area (Å²) in [5.41, 5.74) is 0. The quantitative estimate of drug-likeness (QED) is 0.381. The van der Waals surface area contributed by atoms with Crippen LogP contribution in [0.3, 0.4) is 0 Å². The van der Waals surface area contributed by atoms with Gasteiger partial charge in [-0.3, -0.25) is 0 Å². The minimum atomic E-state index is 0. The molecule has 0 rings (SSSR count). The van der Waals surface area contributed by atoms with Gasteiger partial charge in [0.25, 0.3) is 0 Å². The van der Waals surface area contributed by atoms with Crippen molar-refractivity contribution in [2.75, 3.05) is 13.6 Å². The zero-order valence-corrected chi connectivity index (χ0v) is 7.98. The summed E-state index contributed by atoms with van der Waals surface area (Å²) in [6.45, 7) is 3.13. The summed E-state index contributed by atoms with van der Waals surface area (Å²) < 4.78 is 0. The topological polar surface area (TPSA) is 14.1 Å². The normalized spacial score (nSPS) is 7.00. The maximum Gasteiger partial charge on any atom is 1.00 e. The second-order valence-corrected chi connectivity index (χ2v) is 1.04. The van der Waals surface area contributed by atoms with Crippen LogP contribution in [-0.4, -0.2) is 13.6 Å². The van der Waals surface area contributed by atoms with Gasteiger partial charge in [0.1, 0.15) is 0 Å². The molecule has 0 aliphatic rings. The molecule has 1 nitrogen and oxygen atoms in total. The van der Waals surface area contributed by atoms with E-state index in [4.69, 9.17) is 0 Å². The Balaban J connectivity index is 0. The Labute approximate surface area is 82.3 Å². The van der Waals surface area contributed by atoms with Crippen LogP contribution in [0, 0.1) is 0 Å². The molecule has 0 radical (unpaired) electrons. The van der Waals surface area contributed by atoms with E-state index in [1.807, 2.05) is 7.05 Å². The van der Waals surface area contributed by atoms with Crippen molar-refractivity contribution < 1.29 is 51.4 Å². The maximum absolute atomic E-state index is 3.85. The van der Waals surface area contributed by atoms with E-state index in [2.05, 4.69) is 12.2 Å². The van der Waals surface area contributed by atoms with E-state index < -0.39 is 0 Å². The molecule has 0 aromatic rings. The molecule has 0 unspecified atom stereocenters. The Morgan fingerprint density at radius 1 is 1.50 bits per heavy atom. The third kappa shape index (κ3) is 9.14. The van der Waals surface area contributed by atoms with Gasteiger partial charge in [-0.05, 0) is 0 Å². The molecule has 0 N–H and O–H groups in total. The average molecular weight is 111 g/mol. The predicted octanol–water partition coefficient (Wildman–Crippen LogP) is -1.60. The van der Waals surface area contributed by atoms with E-state index in [1.54, 1.807) is 0 Å². The van der Waals surface area contributed by atoms with Crippen LogP contribution in [0.25, 0.3) is 5.32 Å². The van der Waals surface area contributed by atoms with Gasteiger partial charge in [-0.2, -0.15) is 7.05 Å². The van der Waals surface area contributed by atoms with Crippen LogP contribution in [0.15, 0.2) is 0 Å². The number of nitrogens with zero attached hydrogens (tertiary/aromatic N) is 1. The molecule has 0 saturated heterocycles. The SMILES string of the molecule is CCC[N-]C.[K+]. The van der Waals surface area contributed by atoms with Gasteiger partial charge >= 0.3 is 51.4 Å². The van der Waals surface area contributed by atoms with E-state index in [0.717, 1.165) is 6.54 Å². The molecule has 0 aromatic heterocycles. The third-order valence-electron chi connectivity index (χ3n) is 0.447. The van der Waals surface area contributed by atoms with Gasteiger partial charge in [-0.15, -0.1) is 6.54 Å². The zero-order valence-electron chi connectivity index (χ0n) is 4.86. The summed E-state index contributed by atoms with van der Waals surface area (Å²) in [6.07, 6.45) is 1.18. The third-order valence-corrected chi connectivity index (χ3v) is 0.447. The fraction of sp³-hybridized carbons (Fsp3) is 1.00. The molecule has 0 aliphatic heterocycles. The minimum absolute atomic E-state index is 0. The molecule has 0 heterocycles. The van der Waals surface area contributed by atoms with Gasteiger partial charge in [0.15, 0.2) is 0 Å². The molecule has 0 atom stereocenters. The first-order chi connectivity index (χ1) is 2.41. The standard InChI is InChI=1S/C4H10N.K/c1-3-4-5-2;/h3-4H2,1-2H3;/q-1;+1. The summed E-state index contributed by atoms with van der Waals surface area (Å²) in [4.78, 5) is 0. The molecule has 2 heteroatoms. The van der Waals surface area contributed by atoms with Gasteiger partial charge in [0.2, 0.25) is 0 Å². The van der Waals surface area contributed by atoms with Crippen molar-refractivity contribution in [3.63, 3.8) is 0 Å². The molecular weight excluding hydrogens is 101 g/mol. The van der Waals surface area contributed by atoms with Gasteiger partial charge in [0, 0.05) is 0 Å². The van der Waals surface area contributed by atoms with Crippen LogP contribution < -0.4 is 51.4 Å². The predicted molar refractivity (Wildman–Crippen MR) is 24.4 cm³/mol. The van der Waals surface area contributed by atoms with Crippen molar-refractivity contribution in [3.05, 3.63) is 5.32 Å². The van der Waals surface area contributed by atoms with E-state index in [1.165, 1.54) is 6.42 Å². The van der Waals surface area contributed by atoms with Crippen LogP contribution in [0.4, 0.5) is 0 Å². The summed E-state index contributed by atoms with van der Waals surface area (Å²) in [5.74, 6) is 0. The summed E-state index contributed by atoms with van der Waals surface area (Å²) in [6, 6.07) is 0. The first kappa shape index (κ1) is 10.6. The summed E-state index contributed by atoms with van der Waals surface area (Å²) in [5, 5.41) is 3.85. The average Bonchev–Trinajstić information content (AvgIpc) is 1.41. The van der Waals surface area contributed by atoms with Gasteiger partial charge < -0.3 is 5.32 Å². The molecule has 0 amide bonds. The molecule has 0 aliphatic carbocycles. The van der Waals surface area contributed by atoms with Crippen LogP contribution in [0.2, 0.25) is 0 Å². The second kappa shape index (κ2) is 9.78. The molecule has 6 heavy (non-hydrogen) atoms. The Kier molecular flexibility index (Phi) is 17.2. The molecular formula is C4H10KN. The Bertz CT molecular complexity index is 15.0. The molecule has 0 spiro atoms. The van der Waals surface area contributed by atoms with Crippen molar-refractivity contribution >= 4 is 0 Å². The monoisotopic (exact) mass is 111 g/mol. The van der Waals surface area contributed by atoms with Crippen LogP contribution in [0.5, 0.6) is 0 Å².